The Labute approximate surface area is 119 Å². The quantitative estimate of drug-likeness (QED) is 0.683. The van der Waals surface area contributed by atoms with Gasteiger partial charge in [0.1, 0.15) is 6.61 Å². The highest BCUT2D eigenvalue weighted by molar-refractivity contribution is 6.04. The predicted molar refractivity (Wildman–Crippen MR) is 81.7 cm³/mol. The number of hydrogen-bond acceptors (Lipinski definition) is 3. The van der Waals surface area contributed by atoms with Crippen LogP contribution in [0.4, 0.5) is 5.69 Å². The van der Waals surface area contributed by atoms with Crippen molar-refractivity contribution in [3.8, 4) is 0 Å². The van der Waals surface area contributed by atoms with E-state index in [0.29, 0.717) is 6.61 Å². The van der Waals surface area contributed by atoms with Gasteiger partial charge >= 0.3 is 0 Å². The molecule has 3 rings (SSSR count). The minimum absolute atomic E-state index is 0.477. The van der Waals surface area contributed by atoms with Crippen LogP contribution in [0.3, 0.4) is 0 Å². The maximum Gasteiger partial charge on any atom is 0.142 e. The molecule has 2 N–H and O–H groups in total. The number of oxime groups is 1. The lowest BCUT2D eigenvalue weighted by Crippen LogP contribution is -1.97. The fourth-order valence-electron chi connectivity index (χ4n) is 2.49. The van der Waals surface area contributed by atoms with Gasteiger partial charge in [0, 0.05) is 11.3 Å². The van der Waals surface area contributed by atoms with Gasteiger partial charge in [-0.25, -0.2) is 0 Å². The predicted octanol–water partition coefficient (Wildman–Crippen LogP) is 3.44. The van der Waals surface area contributed by atoms with Crippen LogP contribution in [-0.2, 0) is 17.9 Å². The third kappa shape index (κ3) is 2.67. The second-order valence-electron chi connectivity index (χ2n) is 5.21. The molecule has 0 fully saturated rings. The lowest BCUT2D eigenvalue weighted by Gasteiger charge is -2.03. The van der Waals surface area contributed by atoms with Crippen molar-refractivity contribution < 1.29 is 4.84 Å². The zero-order valence-corrected chi connectivity index (χ0v) is 11.6. The van der Waals surface area contributed by atoms with Crippen LogP contribution >= 0.6 is 0 Å². The Hall–Kier alpha value is -2.29. The summed E-state index contributed by atoms with van der Waals surface area (Å²) in [6.45, 7) is 2.60. The van der Waals surface area contributed by atoms with Gasteiger partial charge in [-0.15, -0.1) is 0 Å². The fourth-order valence-corrected chi connectivity index (χ4v) is 2.49. The summed E-state index contributed by atoms with van der Waals surface area (Å²) < 4.78 is 0. The molecule has 2 aromatic carbocycles. The summed E-state index contributed by atoms with van der Waals surface area (Å²) in [5.74, 6) is 0. The first-order valence-corrected chi connectivity index (χ1v) is 6.85. The minimum atomic E-state index is 0.477. The molecule has 0 unspecified atom stereocenters. The first-order valence-electron chi connectivity index (χ1n) is 6.85. The Morgan fingerprint density at radius 1 is 1.10 bits per heavy atom. The molecule has 0 saturated carbocycles. The number of nitrogens with zero attached hydrogens (tertiary/aromatic N) is 1. The molecule has 0 aromatic heterocycles. The second kappa shape index (κ2) is 5.37. The molecule has 0 bridgehead atoms. The minimum Gasteiger partial charge on any atom is -0.399 e. The van der Waals surface area contributed by atoms with E-state index in [-0.39, 0.29) is 0 Å². The summed E-state index contributed by atoms with van der Waals surface area (Å²) in [6, 6.07) is 14.2. The molecule has 3 nitrogen and oxygen atoms in total. The molecule has 102 valence electrons. The Morgan fingerprint density at radius 2 is 1.90 bits per heavy atom. The molecule has 1 aliphatic rings. The molecule has 0 atom stereocenters. The van der Waals surface area contributed by atoms with Crippen molar-refractivity contribution in [3.05, 3.63) is 64.7 Å². The summed E-state index contributed by atoms with van der Waals surface area (Å²) in [4.78, 5) is 5.48. The molecule has 0 saturated heterocycles. The van der Waals surface area contributed by atoms with Crippen molar-refractivity contribution >= 4 is 11.4 Å². The van der Waals surface area contributed by atoms with Crippen LogP contribution in [0.5, 0.6) is 0 Å². The van der Waals surface area contributed by atoms with Crippen LogP contribution in [0.2, 0.25) is 0 Å². The van der Waals surface area contributed by atoms with Gasteiger partial charge in [-0.1, -0.05) is 41.1 Å². The lowest BCUT2D eigenvalue weighted by molar-refractivity contribution is 0.130. The summed E-state index contributed by atoms with van der Waals surface area (Å²) in [6.07, 6.45) is 2.02. The third-order valence-electron chi connectivity index (χ3n) is 3.59. The normalized spacial score (nSPS) is 15.3. The van der Waals surface area contributed by atoms with Gasteiger partial charge in [0.05, 0.1) is 5.71 Å². The molecule has 0 spiro atoms. The summed E-state index contributed by atoms with van der Waals surface area (Å²) in [7, 11) is 0. The Balaban J connectivity index is 1.68. The smallest absolute Gasteiger partial charge is 0.142 e. The number of nitrogens with two attached hydrogens (primary N) is 1. The number of hydrogen-bond donors (Lipinski definition) is 1. The molecule has 20 heavy (non-hydrogen) atoms. The molecular formula is C17H18N2O. The van der Waals surface area contributed by atoms with Crippen LogP contribution in [0.25, 0.3) is 0 Å². The van der Waals surface area contributed by atoms with Crippen LogP contribution in [0.15, 0.2) is 47.6 Å². The number of benzene rings is 2. The number of rotatable bonds is 3. The van der Waals surface area contributed by atoms with Crippen molar-refractivity contribution in [2.24, 2.45) is 5.16 Å². The zero-order chi connectivity index (χ0) is 13.9. The van der Waals surface area contributed by atoms with Gasteiger partial charge in [-0.05, 0) is 43.0 Å². The van der Waals surface area contributed by atoms with E-state index in [1.54, 1.807) is 0 Å². The molecule has 2 aromatic rings. The van der Waals surface area contributed by atoms with E-state index in [1.165, 1.54) is 16.7 Å². The van der Waals surface area contributed by atoms with E-state index >= 15 is 0 Å². The largest absolute Gasteiger partial charge is 0.399 e. The molecule has 3 heteroatoms. The summed E-state index contributed by atoms with van der Waals surface area (Å²) >= 11 is 0. The van der Waals surface area contributed by atoms with Gasteiger partial charge in [0.15, 0.2) is 0 Å². The van der Waals surface area contributed by atoms with Gasteiger partial charge in [-0.2, -0.15) is 0 Å². The highest BCUT2D eigenvalue weighted by Gasteiger charge is 2.17. The van der Waals surface area contributed by atoms with Crippen molar-refractivity contribution in [1.29, 1.82) is 0 Å². The Bertz CT molecular complexity index is 645. The second-order valence-corrected chi connectivity index (χ2v) is 5.21. The topological polar surface area (TPSA) is 47.6 Å². The van der Waals surface area contributed by atoms with Gasteiger partial charge in [-0.3, -0.25) is 0 Å². The highest BCUT2D eigenvalue weighted by Crippen LogP contribution is 2.23. The van der Waals surface area contributed by atoms with Gasteiger partial charge in [0.25, 0.3) is 0 Å². The lowest BCUT2D eigenvalue weighted by atomic mass is 10.1. The van der Waals surface area contributed by atoms with Crippen molar-refractivity contribution in [1.82, 2.24) is 0 Å². The van der Waals surface area contributed by atoms with Crippen LogP contribution in [-0.4, -0.2) is 5.71 Å². The molecule has 0 amide bonds. The van der Waals surface area contributed by atoms with Crippen molar-refractivity contribution in [2.45, 2.75) is 26.4 Å². The Morgan fingerprint density at radius 3 is 2.70 bits per heavy atom. The zero-order valence-electron chi connectivity index (χ0n) is 11.6. The Kier molecular flexibility index (Phi) is 3.42. The molecule has 0 aliphatic heterocycles. The standard InChI is InChI=1S/C17H18N2O/c1-12-2-8-16-14(10-12)5-9-17(16)19-20-11-13-3-6-15(18)7-4-13/h2-4,6-8,10H,5,9,11,18H2,1H3/b19-17+. The number of nitrogen functional groups attached to an aromatic ring is 1. The van der Waals surface area contributed by atoms with Crippen LogP contribution in [0, 0.1) is 6.92 Å². The van der Waals surface area contributed by atoms with Gasteiger partial charge < -0.3 is 10.6 Å². The first kappa shape index (κ1) is 12.7. The van der Waals surface area contributed by atoms with Crippen LogP contribution in [0.1, 0.15) is 28.7 Å². The van der Waals surface area contributed by atoms with E-state index in [9.17, 15) is 0 Å². The van der Waals surface area contributed by atoms with E-state index in [4.69, 9.17) is 10.6 Å². The van der Waals surface area contributed by atoms with Crippen molar-refractivity contribution in [2.75, 3.05) is 5.73 Å². The molecule has 0 radical (unpaired) electrons. The first-order chi connectivity index (χ1) is 9.72. The third-order valence-corrected chi connectivity index (χ3v) is 3.59. The fraction of sp³-hybridized carbons (Fsp3) is 0.235. The van der Waals surface area contributed by atoms with Gasteiger partial charge in [0.2, 0.25) is 0 Å². The number of fused-ring (bicyclic) bond motifs is 1. The van der Waals surface area contributed by atoms with E-state index < -0.39 is 0 Å². The average Bonchev–Trinajstić information content (AvgIpc) is 2.83. The van der Waals surface area contributed by atoms with E-state index in [1.807, 2.05) is 24.3 Å². The molecule has 1 aliphatic carbocycles. The summed E-state index contributed by atoms with van der Waals surface area (Å²) in [5, 5.41) is 4.30. The SMILES string of the molecule is Cc1ccc2c(c1)CC/C2=N\OCc1ccc(N)cc1. The molecule has 0 heterocycles. The molecular weight excluding hydrogens is 248 g/mol. The maximum absolute atomic E-state index is 5.65. The maximum atomic E-state index is 5.65. The average molecular weight is 266 g/mol. The summed E-state index contributed by atoms with van der Waals surface area (Å²) in [5.41, 5.74) is 12.4. The van der Waals surface area contributed by atoms with Crippen molar-refractivity contribution in [3.63, 3.8) is 0 Å². The highest BCUT2D eigenvalue weighted by atomic mass is 16.6. The number of anilines is 1. The van der Waals surface area contributed by atoms with E-state index in [0.717, 1.165) is 29.8 Å². The monoisotopic (exact) mass is 266 g/mol. The van der Waals surface area contributed by atoms with E-state index in [2.05, 4.69) is 30.3 Å². The number of aryl methyl sites for hydroxylation is 2. The van der Waals surface area contributed by atoms with Crippen LogP contribution < -0.4 is 5.73 Å².